The van der Waals surface area contributed by atoms with Gasteiger partial charge in [0.05, 0.1) is 5.25 Å². The molecular formula is C21H21N3O2S. The van der Waals surface area contributed by atoms with Crippen molar-refractivity contribution >= 4 is 17.7 Å². The number of nitrogens with zero attached hydrogens (tertiary/aromatic N) is 3. The summed E-state index contributed by atoms with van der Waals surface area (Å²) in [5.74, 6) is 0.581. The lowest BCUT2D eigenvalue weighted by molar-refractivity contribution is -0.131. The van der Waals surface area contributed by atoms with Gasteiger partial charge in [-0.1, -0.05) is 53.7 Å². The van der Waals surface area contributed by atoms with Crippen LogP contribution in [0.25, 0.3) is 11.5 Å². The maximum absolute atomic E-state index is 12.8. The number of rotatable bonds is 4. The summed E-state index contributed by atoms with van der Waals surface area (Å²) in [6.07, 6.45) is 0.900. The van der Waals surface area contributed by atoms with Crippen molar-refractivity contribution < 1.29 is 9.21 Å². The van der Waals surface area contributed by atoms with Crippen molar-refractivity contribution in [1.82, 2.24) is 15.1 Å². The van der Waals surface area contributed by atoms with Gasteiger partial charge in [-0.15, -0.1) is 10.2 Å². The Balaban J connectivity index is 1.42. The average Bonchev–Trinajstić information content (AvgIpc) is 3.15. The van der Waals surface area contributed by atoms with E-state index < -0.39 is 0 Å². The second-order valence-corrected chi connectivity index (χ2v) is 8.07. The maximum atomic E-state index is 12.8. The van der Waals surface area contributed by atoms with Crippen LogP contribution < -0.4 is 0 Å². The van der Waals surface area contributed by atoms with Crippen molar-refractivity contribution in [3.05, 3.63) is 65.2 Å². The van der Waals surface area contributed by atoms with E-state index in [1.165, 1.54) is 22.9 Å². The molecule has 138 valence electrons. The Labute approximate surface area is 162 Å². The normalized spacial score (nSPS) is 14.7. The molecule has 0 saturated heterocycles. The lowest BCUT2D eigenvalue weighted by atomic mass is 10.00. The topological polar surface area (TPSA) is 59.2 Å². The van der Waals surface area contributed by atoms with Crippen LogP contribution in [0.4, 0.5) is 0 Å². The van der Waals surface area contributed by atoms with Gasteiger partial charge in [0.25, 0.3) is 5.22 Å². The van der Waals surface area contributed by atoms with Gasteiger partial charge in [0.1, 0.15) is 0 Å². The number of amides is 1. The van der Waals surface area contributed by atoms with Gasteiger partial charge in [-0.05, 0) is 43.5 Å². The van der Waals surface area contributed by atoms with E-state index >= 15 is 0 Å². The molecular weight excluding hydrogens is 358 g/mol. The fourth-order valence-corrected chi connectivity index (χ4v) is 4.06. The Kier molecular flexibility index (Phi) is 4.99. The van der Waals surface area contributed by atoms with Gasteiger partial charge in [-0.2, -0.15) is 0 Å². The fraction of sp³-hybridized carbons (Fsp3) is 0.286. The molecule has 0 fully saturated rings. The highest BCUT2D eigenvalue weighted by Crippen LogP contribution is 2.28. The largest absolute Gasteiger partial charge is 0.411 e. The van der Waals surface area contributed by atoms with E-state index in [0.717, 1.165) is 24.1 Å². The number of aryl methyl sites for hydroxylation is 1. The molecule has 4 rings (SSSR count). The Hall–Kier alpha value is -2.60. The summed E-state index contributed by atoms with van der Waals surface area (Å²) < 4.78 is 5.76. The molecule has 0 unspecified atom stereocenters. The van der Waals surface area contributed by atoms with Crippen LogP contribution in [0.5, 0.6) is 0 Å². The number of fused-ring (bicyclic) bond motifs is 1. The fourth-order valence-electron chi connectivity index (χ4n) is 3.29. The molecule has 0 N–H and O–H groups in total. The summed E-state index contributed by atoms with van der Waals surface area (Å²) in [4.78, 5) is 14.8. The predicted octanol–water partition coefficient (Wildman–Crippen LogP) is 4.11. The van der Waals surface area contributed by atoms with Crippen molar-refractivity contribution in [3.63, 3.8) is 0 Å². The molecule has 2 aromatic carbocycles. The van der Waals surface area contributed by atoms with Gasteiger partial charge >= 0.3 is 0 Å². The number of thioether (sulfide) groups is 1. The first-order valence-corrected chi connectivity index (χ1v) is 9.91. The Morgan fingerprint density at radius 3 is 2.78 bits per heavy atom. The summed E-state index contributed by atoms with van der Waals surface area (Å²) in [5.41, 5.74) is 4.59. The summed E-state index contributed by atoms with van der Waals surface area (Å²) in [6, 6.07) is 16.2. The number of aromatic nitrogens is 2. The zero-order valence-corrected chi connectivity index (χ0v) is 16.2. The van der Waals surface area contributed by atoms with Crippen LogP contribution in [0, 0.1) is 6.92 Å². The van der Waals surface area contributed by atoms with Crippen LogP contribution in [0.1, 0.15) is 23.6 Å². The number of carbonyl (C=O) groups is 1. The molecule has 1 aliphatic rings. The molecule has 0 radical (unpaired) electrons. The van der Waals surface area contributed by atoms with E-state index in [1.807, 2.05) is 49.1 Å². The van der Waals surface area contributed by atoms with Crippen LogP contribution in [0.15, 0.2) is 58.2 Å². The number of carbonyl (C=O) groups excluding carboxylic acids is 1. The van der Waals surface area contributed by atoms with Gasteiger partial charge < -0.3 is 9.32 Å². The number of hydrogen-bond donors (Lipinski definition) is 0. The standard InChI is InChI=1S/C21H21N3O2S/c1-14-6-5-9-17(12-14)19-22-23-21(26-19)27-15(2)20(25)24-11-10-16-7-3-4-8-18(16)13-24/h3-9,12,15H,10-11,13H2,1-2H3/t15-/m0/s1. The Morgan fingerprint density at radius 1 is 1.15 bits per heavy atom. The van der Waals surface area contributed by atoms with Gasteiger partial charge in [0.15, 0.2) is 0 Å². The van der Waals surface area contributed by atoms with Crippen molar-refractivity contribution in [1.29, 1.82) is 0 Å². The summed E-state index contributed by atoms with van der Waals surface area (Å²) in [6.45, 7) is 5.33. The Bertz CT molecular complexity index is 969. The van der Waals surface area contributed by atoms with Crippen molar-refractivity contribution in [2.24, 2.45) is 0 Å². The third-order valence-electron chi connectivity index (χ3n) is 4.74. The van der Waals surface area contributed by atoms with Gasteiger partial charge in [0, 0.05) is 18.7 Å². The van der Waals surface area contributed by atoms with E-state index in [0.29, 0.717) is 17.7 Å². The molecule has 1 aromatic heterocycles. The minimum atomic E-state index is -0.277. The summed E-state index contributed by atoms with van der Waals surface area (Å²) >= 11 is 1.31. The molecule has 0 aliphatic carbocycles. The minimum absolute atomic E-state index is 0.102. The molecule has 0 bridgehead atoms. The van der Waals surface area contributed by atoms with Gasteiger partial charge in [0.2, 0.25) is 11.8 Å². The molecule has 1 amide bonds. The van der Waals surface area contributed by atoms with Crippen molar-refractivity contribution in [3.8, 4) is 11.5 Å². The highest BCUT2D eigenvalue weighted by Gasteiger charge is 2.26. The monoisotopic (exact) mass is 379 g/mol. The minimum Gasteiger partial charge on any atom is -0.411 e. The molecule has 27 heavy (non-hydrogen) atoms. The molecule has 1 atom stereocenters. The third-order valence-corrected chi connectivity index (χ3v) is 5.66. The van der Waals surface area contributed by atoms with Crippen LogP contribution in [0.3, 0.4) is 0 Å². The lowest BCUT2D eigenvalue weighted by Crippen LogP contribution is -2.40. The van der Waals surface area contributed by atoms with E-state index in [1.54, 1.807) is 0 Å². The first-order chi connectivity index (χ1) is 13.1. The third kappa shape index (κ3) is 3.90. The first kappa shape index (κ1) is 17.8. The van der Waals surface area contributed by atoms with E-state index in [9.17, 15) is 4.79 Å². The second-order valence-electron chi connectivity index (χ2n) is 6.78. The highest BCUT2D eigenvalue weighted by atomic mass is 32.2. The molecule has 2 heterocycles. The molecule has 0 spiro atoms. The van der Waals surface area contributed by atoms with E-state index in [2.05, 4.69) is 28.4 Å². The zero-order chi connectivity index (χ0) is 18.8. The smallest absolute Gasteiger partial charge is 0.277 e. The molecule has 6 heteroatoms. The summed E-state index contributed by atoms with van der Waals surface area (Å²) in [5, 5.41) is 8.37. The van der Waals surface area contributed by atoms with Gasteiger partial charge in [-0.25, -0.2) is 0 Å². The molecule has 3 aromatic rings. The van der Waals surface area contributed by atoms with Gasteiger partial charge in [-0.3, -0.25) is 4.79 Å². The number of benzene rings is 2. The molecule has 0 saturated carbocycles. The number of hydrogen-bond acceptors (Lipinski definition) is 5. The highest BCUT2D eigenvalue weighted by molar-refractivity contribution is 8.00. The maximum Gasteiger partial charge on any atom is 0.277 e. The van der Waals surface area contributed by atoms with Crippen LogP contribution in [-0.4, -0.2) is 32.8 Å². The zero-order valence-electron chi connectivity index (χ0n) is 15.4. The molecule has 1 aliphatic heterocycles. The van der Waals surface area contributed by atoms with Crippen molar-refractivity contribution in [2.45, 2.75) is 37.3 Å². The molecule has 5 nitrogen and oxygen atoms in total. The predicted molar refractivity (Wildman–Crippen MR) is 105 cm³/mol. The summed E-state index contributed by atoms with van der Waals surface area (Å²) in [7, 11) is 0. The SMILES string of the molecule is Cc1cccc(-c2nnc(S[C@@H](C)C(=O)N3CCc4ccccc4C3)o2)c1. The Morgan fingerprint density at radius 2 is 1.96 bits per heavy atom. The second kappa shape index (κ2) is 7.56. The van der Waals surface area contributed by atoms with Crippen molar-refractivity contribution in [2.75, 3.05) is 6.54 Å². The van der Waals surface area contributed by atoms with Crippen LogP contribution in [0.2, 0.25) is 0 Å². The van der Waals surface area contributed by atoms with Crippen LogP contribution in [-0.2, 0) is 17.8 Å². The van der Waals surface area contributed by atoms with E-state index in [-0.39, 0.29) is 11.2 Å². The quantitative estimate of drug-likeness (QED) is 0.639. The van der Waals surface area contributed by atoms with Crippen LogP contribution >= 0.6 is 11.8 Å². The first-order valence-electron chi connectivity index (χ1n) is 9.03. The average molecular weight is 379 g/mol. The lowest BCUT2D eigenvalue weighted by Gasteiger charge is -2.30. The van der Waals surface area contributed by atoms with E-state index in [4.69, 9.17) is 4.42 Å².